The summed E-state index contributed by atoms with van der Waals surface area (Å²) in [4.78, 5) is 12.1. The summed E-state index contributed by atoms with van der Waals surface area (Å²) in [5, 5.41) is 10.6. The Morgan fingerprint density at radius 1 is 1.35 bits per heavy atom. The fourth-order valence-electron chi connectivity index (χ4n) is 2.31. The van der Waals surface area contributed by atoms with Crippen LogP contribution >= 0.6 is 11.6 Å². The molecule has 0 saturated heterocycles. The van der Waals surface area contributed by atoms with Gasteiger partial charge < -0.3 is 5.11 Å². The third kappa shape index (κ3) is 1.48. The lowest BCUT2D eigenvalue weighted by Gasteiger charge is -2.04. The van der Waals surface area contributed by atoms with Gasteiger partial charge in [-0.15, -0.1) is 0 Å². The van der Waals surface area contributed by atoms with E-state index in [2.05, 4.69) is 0 Å². The number of fused-ring (bicyclic) bond motifs is 1. The van der Waals surface area contributed by atoms with Gasteiger partial charge in [0, 0.05) is 11.6 Å². The third-order valence-corrected chi connectivity index (χ3v) is 3.31. The second kappa shape index (κ2) is 3.67. The molecule has 3 rings (SSSR count). The normalized spacial score (nSPS) is 13.9. The van der Waals surface area contributed by atoms with Crippen LogP contribution in [0, 0.1) is 0 Å². The maximum absolute atomic E-state index is 12.1. The van der Waals surface area contributed by atoms with Crippen LogP contribution < -0.4 is 5.69 Å². The minimum atomic E-state index is -0.197. The smallest absolute Gasteiger partial charge is 0.335 e. The summed E-state index contributed by atoms with van der Waals surface area (Å²) in [7, 11) is 0. The Morgan fingerprint density at radius 3 is 2.88 bits per heavy atom. The van der Waals surface area contributed by atoms with Gasteiger partial charge in [-0.3, -0.25) is 4.57 Å². The van der Waals surface area contributed by atoms with E-state index in [9.17, 15) is 9.90 Å². The average Bonchev–Trinajstić information content (AvgIpc) is 2.84. The zero-order valence-electron chi connectivity index (χ0n) is 9.06. The van der Waals surface area contributed by atoms with Crippen LogP contribution in [0.2, 0.25) is 5.02 Å². The quantitative estimate of drug-likeness (QED) is 0.841. The van der Waals surface area contributed by atoms with E-state index >= 15 is 0 Å². The summed E-state index contributed by atoms with van der Waals surface area (Å²) >= 11 is 5.89. The molecule has 1 aromatic carbocycles. The van der Waals surface area contributed by atoms with Crippen LogP contribution in [-0.4, -0.2) is 14.2 Å². The molecule has 0 spiro atoms. The number of imidazole rings is 1. The second-order valence-corrected chi connectivity index (χ2v) is 4.56. The zero-order valence-corrected chi connectivity index (χ0v) is 9.81. The highest BCUT2D eigenvalue weighted by Crippen LogP contribution is 2.26. The van der Waals surface area contributed by atoms with Gasteiger partial charge in [-0.1, -0.05) is 17.7 Å². The lowest BCUT2D eigenvalue weighted by atomic mass is 10.3. The molecule has 5 heteroatoms. The lowest BCUT2D eigenvalue weighted by Crippen LogP contribution is -2.22. The number of halogens is 1. The maximum Gasteiger partial charge on any atom is 0.335 e. The molecule has 4 nitrogen and oxygen atoms in total. The van der Waals surface area contributed by atoms with E-state index in [4.69, 9.17) is 11.6 Å². The molecule has 0 saturated carbocycles. The Balaban J connectivity index is 2.26. The Labute approximate surface area is 103 Å². The fraction of sp³-hybridized carbons (Fsp3) is 0.250. The summed E-state index contributed by atoms with van der Waals surface area (Å²) in [5.74, 6) is 0.0368. The topological polar surface area (TPSA) is 47.2 Å². The van der Waals surface area contributed by atoms with Crippen molar-refractivity contribution in [3.8, 4) is 11.6 Å². The molecule has 1 aliphatic heterocycles. The van der Waals surface area contributed by atoms with E-state index in [1.807, 2.05) is 0 Å². The predicted octanol–water partition coefficient (Wildman–Crippen LogP) is 1.94. The van der Waals surface area contributed by atoms with Crippen LogP contribution in [-0.2, 0) is 13.0 Å². The van der Waals surface area contributed by atoms with Crippen molar-refractivity contribution in [2.24, 2.45) is 0 Å². The Kier molecular flexibility index (Phi) is 2.26. The molecule has 0 unspecified atom stereocenters. The molecule has 0 atom stereocenters. The molecule has 1 aromatic heterocycles. The standard InChI is InChI=1S/C12H11ClN2O2/c13-8-3-1-4-9(7-8)15-11(16)10-5-2-6-14(10)12(15)17/h1,3-4,7,16H,2,5-6H2. The molecule has 2 heterocycles. The molecule has 1 N–H and O–H groups in total. The summed E-state index contributed by atoms with van der Waals surface area (Å²) in [6.45, 7) is 0.676. The Bertz CT molecular complexity index is 642. The molecule has 88 valence electrons. The molecule has 0 fully saturated rings. The van der Waals surface area contributed by atoms with E-state index < -0.39 is 0 Å². The number of benzene rings is 1. The first-order valence-electron chi connectivity index (χ1n) is 5.48. The van der Waals surface area contributed by atoms with Crippen molar-refractivity contribution < 1.29 is 5.11 Å². The van der Waals surface area contributed by atoms with Gasteiger partial charge in [0.1, 0.15) is 0 Å². The van der Waals surface area contributed by atoms with Crippen molar-refractivity contribution >= 4 is 11.6 Å². The van der Waals surface area contributed by atoms with E-state index in [-0.39, 0.29) is 11.6 Å². The van der Waals surface area contributed by atoms with Crippen molar-refractivity contribution in [2.75, 3.05) is 0 Å². The minimum absolute atomic E-state index is 0.0368. The van der Waals surface area contributed by atoms with Crippen LogP contribution in [0.15, 0.2) is 29.1 Å². The first-order chi connectivity index (χ1) is 8.18. The van der Waals surface area contributed by atoms with E-state index in [0.29, 0.717) is 17.3 Å². The molecule has 0 radical (unpaired) electrons. The number of hydrogen-bond acceptors (Lipinski definition) is 2. The summed E-state index contributed by atoms with van der Waals surface area (Å²) in [5.41, 5.74) is 1.12. The van der Waals surface area contributed by atoms with Crippen LogP contribution in [0.5, 0.6) is 5.88 Å². The molecular formula is C12H11ClN2O2. The largest absolute Gasteiger partial charge is 0.493 e. The minimum Gasteiger partial charge on any atom is -0.493 e. The number of aromatic nitrogens is 2. The SMILES string of the molecule is O=c1n2c(c(O)n1-c1cccc(Cl)c1)CCC2. The van der Waals surface area contributed by atoms with Crippen LogP contribution in [0.3, 0.4) is 0 Å². The molecule has 0 amide bonds. The Morgan fingerprint density at radius 2 is 2.18 bits per heavy atom. The van der Waals surface area contributed by atoms with Gasteiger partial charge in [0.25, 0.3) is 0 Å². The van der Waals surface area contributed by atoms with Crippen LogP contribution in [0.4, 0.5) is 0 Å². The first kappa shape index (κ1) is 10.5. The van der Waals surface area contributed by atoms with Gasteiger partial charge in [-0.25, -0.2) is 9.36 Å². The zero-order chi connectivity index (χ0) is 12.0. The van der Waals surface area contributed by atoms with Gasteiger partial charge in [0.2, 0.25) is 5.88 Å². The van der Waals surface area contributed by atoms with Crippen molar-refractivity contribution in [2.45, 2.75) is 19.4 Å². The molecule has 2 aromatic rings. The van der Waals surface area contributed by atoms with Gasteiger partial charge in [0.15, 0.2) is 0 Å². The molecule has 17 heavy (non-hydrogen) atoms. The molecule has 0 aliphatic carbocycles. The van der Waals surface area contributed by atoms with Crippen molar-refractivity contribution in [3.05, 3.63) is 45.5 Å². The van der Waals surface area contributed by atoms with Crippen LogP contribution in [0.1, 0.15) is 12.1 Å². The first-order valence-corrected chi connectivity index (χ1v) is 5.85. The highest BCUT2D eigenvalue weighted by atomic mass is 35.5. The highest BCUT2D eigenvalue weighted by Gasteiger charge is 2.23. The lowest BCUT2D eigenvalue weighted by molar-refractivity contribution is 0.435. The number of hydrogen-bond donors (Lipinski definition) is 1. The van der Waals surface area contributed by atoms with Gasteiger partial charge >= 0.3 is 5.69 Å². The Hall–Kier alpha value is -1.68. The highest BCUT2D eigenvalue weighted by molar-refractivity contribution is 6.30. The predicted molar refractivity (Wildman–Crippen MR) is 65.0 cm³/mol. The summed E-state index contributed by atoms with van der Waals surface area (Å²) in [6.07, 6.45) is 1.66. The monoisotopic (exact) mass is 250 g/mol. The maximum atomic E-state index is 12.1. The van der Waals surface area contributed by atoms with Crippen molar-refractivity contribution in [1.29, 1.82) is 0 Å². The van der Waals surface area contributed by atoms with Crippen molar-refractivity contribution in [3.63, 3.8) is 0 Å². The summed E-state index contributed by atoms with van der Waals surface area (Å²) < 4.78 is 2.93. The fourth-order valence-corrected chi connectivity index (χ4v) is 2.49. The molecule has 1 aliphatic rings. The third-order valence-electron chi connectivity index (χ3n) is 3.08. The van der Waals surface area contributed by atoms with E-state index in [1.54, 1.807) is 28.8 Å². The number of nitrogens with zero attached hydrogens (tertiary/aromatic N) is 2. The number of rotatable bonds is 1. The van der Waals surface area contributed by atoms with Gasteiger partial charge in [0.05, 0.1) is 11.4 Å². The van der Waals surface area contributed by atoms with Gasteiger partial charge in [-0.05, 0) is 31.0 Å². The molecule has 0 bridgehead atoms. The second-order valence-electron chi connectivity index (χ2n) is 4.12. The molecular weight excluding hydrogens is 240 g/mol. The summed E-state index contributed by atoms with van der Waals surface area (Å²) in [6, 6.07) is 6.91. The van der Waals surface area contributed by atoms with Gasteiger partial charge in [-0.2, -0.15) is 0 Å². The number of aromatic hydroxyl groups is 1. The average molecular weight is 251 g/mol. The van der Waals surface area contributed by atoms with Crippen LogP contribution in [0.25, 0.3) is 5.69 Å². The van der Waals surface area contributed by atoms with E-state index in [1.165, 1.54) is 4.57 Å². The van der Waals surface area contributed by atoms with Crippen molar-refractivity contribution in [1.82, 2.24) is 9.13 Å². The van der Waals surface area contributed by atoms with E-state index in [0.717, 1.165) is 18.5 Å².